The first-order chi connectivity index (χ1) is 7.07. The van der Waals surface area contributed by atoms with Crippen LogP contribution >= 0.6 is 0 Å². The van der Waals surface area contributed by atoms with Crippen molar-refractivity contribution in [3.63, 3.8) is 0 Å². The fourth-order valence-corrected chi connectivity index (χ4v) is 1.41. The van der Waals surface area contributed by atoms with Crippen LogP contribution in [0.4, 0.5) is 0 Å². The molecule has 0 aliphatic carbocycles. The molecule has 2 amide bonds. The fraction of sp³-hybridized carbons (Fsp3) is 0.0909. The van der Waals surface area contributed by atoms with Gasteiger partial charge in [0, 0.05) is 11.1 Å². The van der Waals surface area contributed by atoms with Gasteiger partial charge in [-0.25, -0.2) is 0 Å². The molecule has 1 rings (SSSR count). The summed E-state index contributed by atoms with van der Waals surface area (Å²) < 4.78 is 0. The molecule has 0 aliphatic heterocycles. The van der Waals surface area contributed by atoms with Gasteiger partial charge in [0.25, 0.3) is 0 Å². The Bertz CT molecular complexity index is 392. The molecule has 0 saturated heterocycles. The summed E-state index contributed by atoms with van der Waals surface area (Å²) in [6.07, 6.45) is 1.98. The highest BCUT2D eigenvalue weighted by atomic mass is 16.1. The smallest absolute Gasteiger partial charge is 0.249 e. The number of hydrogen-bond acceptors (Lipinski definition) is 2. The van der Waals surface area contributed by atoms with Crippen LogP contribution in [0.25, 0.3) is 0 Å². The Balaban J connectivity index is 3.40. The van der Waals surface area contributed by atoms with Crippen LogP contribution in [0.5, 0.6) is 0 Å². The molecule has 4 heteroatoms. The second kappa shape index (κ2) is 4.41. The van der Waals surface area contributed by atoms with Crippen molar-refractivity contribution in [1.29, 1.82) is 0 Å². The molecule has 0 heterocycles. The zero-order valence-electron chi connectivity index (χ0n) is 8.19. The fourth-order valence-electron chi connectivity index (χ4n) is 1.41. The van der Waals surface area contributed by atoms with Gasteiger partial charge in [0.05, 0.1) is 0 Å². The quantitative estimate of drug-likeness (QED) is 0.704. The minimum absolute atomic E-state index is 0.311. The lowest BCUT2D eigenvalue weighted by Crippen LogP contribution is -2.19. The Morgan fingerprint density at radius 1 is 1.20 bits per heavy atom. The van der Waals surface area contributed by atoms with Crippen LogP contribution in [0.2, 0.25) is 0 Å². The third-order valence-corrected chi connectivity index (χ3v) is 2.06. The normalized spacial score (nSPS) is 9.60. The van der Waals surface area contributed by atoms with E-state index < -0.39 is 11.8 Å². The van der Waals surface area contributed by atoms with Crippen LogP contribution in [-0.2, 0) is 6.42 Å². The summed E-state index contributed by atoms with van der Waals surface area (Å²) in [4.78, 5) is 22.2. The molecule has 4 N–H and O–H groups in total. The number of amides is 2. The Kier molecular flexibility index (Phi) is 3.23. The van der Waals surface area contributed by atoms with Gasteiger partial charge in [0.15, 0.2) is 0 Å². The van der Waals surface area contributed by atoms with Gasteiger partial charge in [-0.2, -0.15) is 0 Å². The predicted molar refractivity (Wildman–Crippen MR) is 57.4 cm³/mol. The average molecular weight is 204 g/mol. The Morgan fingerprint density at radius 2 is 1.67 bits per heavy atom. The van der Waals surface area contributed by atoms with Gasteiger partial charge in [-0.05, 0) is 24.1 Å². The van der Waals surface area contributed by atoms with E-state index in [1.54, 1.807) is 24.3 Å². The van der Waals surface area contributed by atoms with E-state index >= 15 is 0 Å². The van der Waals surface area contributed by atoms with Crippen LogP contribution in [-0.4, -0.2) is 11.8 Å². The van der Waals surface area contributed by atoms with Crippen molar-refractivity contribution in [2.75, 3.05) is 0 Å². The molecular weight excluding hydrogens is 192 g/mol. The standard InChI is InChI=1S/C11H12N2O2/c1-2-4-7-8(10(12)14)5-3-6-9(7)11(13)15/h2-3,5-6H,1,4H2,(H2,12,14)(H2,13,15). The Labute approximate surface area is 87.6 Å². The highest BCUT2D eigenvalue weighted by Gasteiger charge is 2.14. The van der Waals surface area contributed by atoms with Crippen molar-refractivity contribution >= 4 is 11.8 Å². The topological polar surface area (TPSA) is 86.2 Å². The molecule has 0 bridgehead atoms. The lowest BCUT2D eigenvalue weighted by atomic mass is 9.97. The molecular formula is C11H12N2O2. The van der Waals surface area contributed by atoms with Gasteiger partial charge in [-0.15, -0.1) is 6.58 Å². The van der Waals surface area contributed by atoms with Crippen LogP contribution < -0.4 is 11.5 Å². The summed E-state index contributed by atoms with van der Waals surface area (Å²) in [6, 6.07) is 4.70. The summed E-state index contributed by atoms with van der Waals surface area (Å²) in [5.74, 6) is -1.15. The molecule has 4 nitrogen and oxygen atoms in total. The minimum Gasteiger partial charge on any atom is -0.366 e. The molecule has 1 aromatic carbocycles. The second-order valence-electron chi connectivity index (χ2n) is 3.05. The lowest BCUT2D eigenvalue weighted by Gasteiger charge is -2.08. The SMILES string of the molecule is C=CCc1c(C(N)=O)cccc1C(N)=O. The molecule has 0 unspecified atom stereocenters. The monoisotopic (exact) mass is 204 g/mol. The van der Waals surface area contributed by atoms with Crippen LogP contribution in [0, 0.1) is 0 Å². The van der Waals surface area contributed by atoms with Gasteiger partial charge in [-0.3, -0.25) is 9.59 Å². The van der Waals surface area contributed by atoms with Gasteiger partial charge in [0.1, 0.15) is 0 Å². The van der Waals surface area contributed by atoms with E-state index in [1.807, 2.05) is 0 Å². The van der Waals surface area contributed by atoms with E-state index in [4.69, 9.17) is 11.5 Å². The molecule has 0 aromatic heterocycles. The van der Waals surface area contributed by atoms with Crippen molar-refractivity contribution in [1.82, 2.24) is 0 Å². The van der Waals surface area contributed by atoms with Crippen molar-refractivity contribution < 1.29 is 9.59 Å². The summed E-state index contributed by atoms with van der Waals surface area (Å²) >= 11 is 0. The van der Waals surface area contributed by atoms with Crippen molar-refractivity contribution in [2.24, 2.45) is 11.5 Å². The number of carbonyl (C=O) groups excluding carboxylic acids is 2. The van der Waals surface area contributed by atoms with Crippen molar-refractivity contribution in [3.8, 4) is 0 Å². The predicted octanol–water partition coefficient (Wildman–Crippen LogP) is 0.613. The molecule has 15 heavy (non-hydrogen) atoms. The minimum atomic E-state index is -0.574. The number of hydrogen-bond donors (Lipinski definition) is 2. The van der Waals surface area contributed by atoms with Crippen LogP contribution in [0.3, 0.4) is 0 Å². The molecule has 1 aromatic rings. The number of nitrogens with two attached hydrogens (primary N) is 2. The Morgan fingerprint density at radius 3 is 2.00 bits per heavy atom. The van der Waals surface area contributed by atoms with Crippen LogP contribution in [0.1, 0.15) is 26.3 Å². The van der Waals surface area contributed by atoms with E-state index in [0.29, 0.717) is 23.1 Å². The highest BCUT2D eigenvalue weighted by molar-refractivity contribution is 6.01. The van der Waals surface area contributed by atoms with E-state index in [0.717, 1.165) is 0 Å². The van der Waals surface area contributed by atoms with E-state index in [1.165, 1.54) is 0 Å². The average Bonchev–Trinajstić information content (AvgIpc) is 2.17. The molecule has 0 radical (unpaired) electrons. The number of allylic oxidation sites excluding steroid dienone is 1. The van der Waals surface area contributed by atoms with E-state index in [-0.39, 0.29) is 0 Å². The maximum Gasteiger partial charge on any atom is 0.249 e. The second-order valence-corrected chi connectivity index (χ2v) is 3.05. The largest absolute Gasteiger partial charge is 0.366 e. The number of rotatable bonds is 4. The summed E-state index contributed by atoms with van der Waals surface area (Å²) in [5, 5.41) is 0. The molecule has 0 fully saturated rings. The third kappa shape index (κ3) is 2.22. The molecule has 0 atom stereocenters. The van der Waals surface area contributed by atoms with E-state index in [9.17, 15) is 9.59 Å². The van der Waals surface area contributed by atoms with Gasteiger partial charge >= 0.3 is 0 Å². The molecule has 78 valence electrons. The first-order valence-electron chi connectivity index (χ1n) is 4.40. The number of primary amides is 2. The maximum atomic E-state index is 11.1. The van der Waals surface area contributed by atoms with E-state index in [2.05, 4.69) is 6.58 Å². The summed E-state index contributed by atoms with van der Waals surface area (Å²) in [6.45, 7) is 3.55. The third-order valence-electron chi connectivity index (χ3n) is 2.06. The summed E-state index contributed by atoms with van der Waals surface area (Å²) in [7, 11) is 0. The van der Waals surface area contributed by atoms with Gasteiger partial charge in [0.2, 0.25) is 11.8 Å². The first-order valence-corrected chi connectivity index (χ1v) is 4.40. The van der Waals surface area contributed by atoms with Crippen molar-refractivity contribution in [3.05, 3.63) is 47.5 Å². The molecule has 0 saturated carbocycles. The van der Waals surface area contributed by atoms with Gasteiger partial charge < -0.3 is 11.5 Å². The number of carbonyl (C=O) groups is 2. The lowest BCUT2D eigenvalue weighted by molar-refractivity contribution is 0.0999. The maximum absolute atomic E-state index is 11.1. The van der Waals surface area contributed by atoms with Gasteiger partial charge in [-0.1, -0.05) is 12.1 Å². The first kappa shape index (κ1) is 11.0. The highest BCUT2D eigenvalue weighted by Crippen LogP contribution is 2.15. The Hall–Kier alpha value is -2.10. The van der Waals surface area contributed by atoms with Crippen LogP contribution in [0.15, 0.2) is 30.9 Å². The number of benzene rings is 1. The summed E-state index contributed by atoms with van der Waals surface area (Å²) in [5.41, 5.74) is 11.5. The molecule has 0 aliphatic rings. The van der Waals surface area contributed by atoms with Crippen molar-refractivity contribution in [2.45, 2.75) is 6.42 Å². The zero-order chi connectivity index (χ0) is 11.4. The zero-order valence-corrected chi connectivity index (χ0v) is 8.19. The molecule has 0 spiro atoms.